The van der Waals surface area contributed by atoms with Crippen LogP contribution in [0, 0.1) is 5.92 Å². The van der Waals surface area contributed by atoms with Gasteiger partial charge < -0.3 is 14.5 Å². The second-order valence-electron chi connectivity index (χ2n) is 7.61. The van der Waals surface area contributed by atoms with Crippen LogP contribution in [0.3, 0.4) is 0 Å². The van der Waals surface area contributed by atoms with Gasteiger partial charge in [-0.05, 0) is 55.9 Å². The van der Waals surface area contributed by atoms with Gasteiger partial charge in [-0.2, -0.15) is 5.10 Å². The molecule has 0 aromatic carbocycles. The molecule has 1 aliphatic heterocycles. The van der Waals surface area contributed by atoms with E-state index in [2.05, 4.69) is 5.32 Å². The first-order chi connectivity index (χ1) is 13.3. The molecule has 27 heavy (non-hydrogen) atoms. The van der Waals surface area contributed by atoms with E-state index >= 15 is 0 Å². The van der Waals surface area contributed by atoms with E-state index in [0.29, 0.717) is 12.1 Å². The lowest BCUT2D eigenvalue weighted by atomic mass is 10.2. The van der Waals surface area contributed by atoms with Crippen LogP contribution in [0.2, 0.25) is 0 Å². The summed E-state index contributed by atoms with van der Waals surface area (Å²) >= 11 is 0. The lowest BCUT2D eigenvalue weighted by molar-refractivity contribution is 0.0859. The molecule has 0 radical (unpaired) electrons. The molecule has 4 heterocycles. The number of aromatic nitrogens is 3. The molecule has 1 unspecified atom stereocenters. The van der Waals surface area contributed by atoms with Crippen LogP contribution in [0.15, 0.2) is 42.7 Å². The summed E-state index contributed by atoms with van der Waals surface area (Å²) in [4.78, 5) is 12.8. The molecule has 1 aliphatic carbocycles. The van der Waals surface area contributed by atoms with E-state index in [0.717, 1.165) is 48.8 Å². The Bertz CT molecular complexity index is 964. The summed E-state index contributed by atoms with van der Waals surface area (Å²) in [7, 11) is 0. The number of carbonyl (C=O) groups excluding carboxylic acids is 1. The highest BCUT2D eigenvalue weighted by atomic mass is 16.5. The average Bonchev–Trinajstić information content (AvgIpc) is 3.09. The number of fused-ring (bicyclic) bond motifs is 1. The van der Waals surface area contributed by atoms with Crippen molar-refractivity contribution in [1.29, 1.82) is 0 Å². The Hall–Kier alpha value is -2.60. The molecule has 3 aromatic heterocycles. The Balaban J connectivity index is 1.42. The molecule has 1 saturated carbocycles. The minimum atomic E-state index is -0.0575. The predicted octanol–water partition coefficient (Wildman–Crippen LogP) is 3.12. The fourth-order valence-corrected chi connectivity index (χ4v) is 3.80. The summed E-state index contributed by atoms with van der Waals surface area (Å²) < 4.78 is 9.67. The van der Waals surface area contributed by atoms with Crippen LogP contribution in [0.4, 0.5) is 0 Å². The second kappa shape index (κ2) is 6.85. The Kier molecular flexibility index (Phi) is 4.20. The van der Waals surface area contributed by atoms with Crippen LogP contribution in [0.1, 0.15) is 36.0 Å². The maximum atomic E-state index is 12.8. The fourth-order valence-electron chi connectivity index (χ4n) is 3.80. The number of carbonyl (C=O) groups is 1. The van der Waals surface area contributed by atoms with Gasteiger partial charge >= 0.3 is 0 Å². The lowest BCUT2D eigenvalue weighted by Gasteiger charge is -2.10. The van der Waals surface area contributed by atoms with Gasteiger partial charge in [-0.15, -0.1) is 0 Å². The smallest absolute Gasteiger partial charge is 0.253 e. The third-order valence-electron chi connectivity index (χ3n) is 5.48. The van der Waals surface area contributed by atoms with Crippen molar-refractivity contribution in [3.63, 3.8) is 0 Å². The van der Waals surface area contributed by atoms with Crippen LogP contribution in [0.25, 0.3) is 16.9 Å². The number of nitrogens with zero attached hydrogens (tertiary/aromatic N) is 3. The van der Waals surface area contributed by atoms with Crippen molar-refractivity contribution in [1.82, 2.24) is 19.5 Å². The van der Waals surface area contributed by atoms with Crippen molar-refractivity contribution in [3.05, 3.63) is 48.3 Å². The van der Waals surface area contributed by atoms with Crippen molar-refractivity contribution in [3.8, 4) is 11.4 Å². The first-order valence-corrected chi connectivity index (χ1v) is 9.81. The van der Waals surface area contributed by atoms with E-state index < -0.39 is 0 Å². The third-order valence-corrected chi connectivity index (χ3v) is 5.48. The molecule has 2 aliphatic rings. The number of pyridine rings is 1. The van der Waals surface area contributed by atoms with Crippen molar-refractivity contribution in [2.75, 3.05) is 13.2 Å². The number of hydrogen-bond acceptors (Lipinski definition) is 3. The molecule has 1 saturated heterocycles. The van der Waals surface area contributed by atoms with Gasteiger partial charge in [-0.1, -0.05) is 6.07 Å². The Morgan fingerprint density at radius 3 is 2.96 bits per heavy atom. The van der Waals surface area contributed by atoms with E-state index in [-0.39, 0.29) is 12.0 Å². The number of ether oxygens (including phenoxy) is 1. The maximum Gasteiger partial charge on any atom is 0.253 e. The number of nitrogens with one attached hydrogen (secondary N) is 1. The van der Waals surface area contributed by atoms with Crippen molar-refractivity contribution in [2.45, 2.75) is 38.3 Å². The molecule has 0 spiro atoms. The van der Waals surface area contributed by atoms with Gasteiger partial charge in [0.25, 0.3) is 5.91 Å². The van der Waals surface area contributed by atoms with E-state index in [1.54, 1.807) is 0 Å². The van der Waals surface area contributed by atoms with Crippen molar-refractivity contribution in [2.24, 2.45) is 5.92 Å². The quantitative estimate of drug-likeness (QED) is 0.731. The summed E-state index contributed by atoms with van der Waals surface area (Å²) in [6.45, 7) is 2.34. The topological polar surface area (TPSA) is 60.6 Å². The average molecular weight is 364 g/mol. The first kappa shape index (κ1) is 16.6. The zero-order chi connectivity index (χ0) is 18.2. The molecule has 6 nitrogen and oxygen atoms in total. The fraction of sp³-hybridized carbons (Fsp3) is 0.429. The lowest BCUT2D eigenvalue weighted by Crippen LogP contribution is -2.31. The van der Waals surface area contributed by atoms with Gasteiger partial charge in [0, 0.05) is 32.1 Å². The second-order valence-corrected chi connectivity index (χ2v) is 7.61. The van der Waals surface area contributed by atoms with Gasteiger partial charge in [0.2, 0.25) is 0 Å². The molecule has 6 heteroatoms. The van der Waals surface area contributed by atoms with Crippen LogP contribution >= 0.6 is 0 Å². The van der Waals surface area contributed by atoms with E-state index in [9.17, 15) is 4.79 Å². The minimum Gasteiger partial charge on any atom is -0.376 e. The summed E-state index contributed by atoms with van der Waals surface area (Å²) in [5, 5.41) is 7.77. The van der Waals surface area contributed by atoms with E-state index in [4.69, 9.17) is 9.84 Å². The van der Waals surface area contributed by atoms with Crippen LogP contribution in [0.5, 0.6) is 0 Å². The highest BCUT2D eigenvalue weighted by Crippen LogP contribution is 2.31. The van der Waals surface area contributed by atoms with Gasteiger partial charge in [0.1, 0.15) is 5.69 Å². The SMILES string of the molecule is O=C(NCC1CCCO1)c1cc(-c2ccn(CC3CC3)n2)n2ccccc12. The molecule has 2 fully saturated rings. The Morgan fingerprint density at radius 2 is 2.15 bits per heavy atom. The number of rotatable bonds is 6. The highest BCUT2D eigenvalue weighted by Gasteiger charge is 2.23. The number of amides is 1. The molecular formula is C21H24N4O2. The summed E-state index contributed by atoms with van der Waals surface area (Å²) in [6, 6.07) is 9.90. The van der Waals surface area contributed by atoms with Crippen molar-refractivity contribution >= 4 is 11.4 Å². The normalized spacial score (nSPS) is 19.6. The highest BCUT2D eigenvalue weighted by molar-refractivity contribution is 6.02. The summed E-state index contributed by atoms with van der Waals surface area (Å²) in [6.07, 6.45) is 8.86. The Labute approximate surface area is 158 Å². The largest absolute Gasteiger partial charge is 0.376 e. The van der Waals surface area contributed by atoms with Gasteiger partial charge in [0.05, 0.1) is 22.9 Å². The first-order valence-electron chi connectivity index (χ1n) is 9.81. The molecule has 140 valence electrons. The molecule has 1 atom stereocenters. The molecule has 0 bridgehead atoms. The van der Waals surface area contributed by atoms with Gasteiger partial charge in [-0.25, -0.2) is 0 Å². The zero-order valence-corrected chi connectivity index (χ0v) is 15.3. The molecule has 1 N–H and O–H groups in total. The monoisotopic (exact) mass is 364 g/mol. The minimum absolute atomic E-state index is 0.0575. The van der Waals surface area contributed by atoms with Gasteiger partial charge in [-0.3, -0.25) is 9.48 Å². The third kappa shape index (κ3) is 3.37. The number of hydrogen-bond donors (Lipinski definition) is 1. The Morgan fingerprint density at radius 1 is 1.22 bits per heavy atom. The summed E-state index contributed by atoms with van der Waals surface area (Å²) in [5.41, 5.74) is 3.42. The molecular weight excluding hydrogens is 340 g/mol. The van der Waals surface area contributed by atoms with Crippen LogP contribution in [-0.2, 0) is 11.3 Å². The molecule has 5 rings (SSSR count). The van der Waals surface area contributed by atoms with E-state index in [1.165, 1.54) is 12.8 Å². The molecule has 3 aromatic rings. The van der Waals surface area contributed by atoms with Gasteiger partial charge in [0.15, 0.2) is 0 Å². The zero-order valence-electron chi connectivity index (χ0n) is 15.3. The standard InChI is InChI=1S/C21H24N4O2/c26-21(22-13-16-4-3-11-27-16)17-12-20(25-9-2-1-5-19(17)25)18-8-10-24(23-18)14-15-6-7-15/h1-2,5,8-10,12,15-16H,3-4,6-7,11,13-14H2,(H,22,26). The summed E-state index contributed by atoms with van der Waals surface area (Å²) in [5.74, 6) is 0.721. The molecule has 1 amide bonds. The van der Waals surface area contributed by atoms with Crippen molar-refractivity contribution < 1.29 is 9.53 Å². The van der Waals surface area contributed by atoms with E-state index in [1.807, 2.05) is 51.8 Å². The maximum absolute atomic E-state index is 12.8. The predicted molar refractivity (Wildman–Crippen MR) is 103 cm³/mol. The van der Waals surface area contributed by atoms with Crippen LogP contribution < -0.4 is 5.32 Å². The van der Waals surface area contributed by atoms with Crippen LogP contribution in [-0.4, -0.2) is 39.3 Å².